The zero-order chi connectivity index (χ0) is 43.6. The number of carbonyl (C=O) groups excluding carboxylic acids is 1. The summed E-state index contributed by atoms with van der Waals surface area (Å²) in [5, 5.41) is 13.6. The van der Waals surface area contributed by atoms with Crippen LogP contribution in [0.25, 0.3) is 0 Å². The van der Waals surface area contributed by atoms with Gasteiger partial charge >= 0.3 is 0 Å². The molecule has 0 bridgehead atoms. The molecule has 0 aliphatic carbocycles. The molecule has 0 aromatic carbocycles. The molecule has 0 saturated carbocycles. The Labute approximate surface area is 361 Å². The summed E-state index contributed by atoms with van der Waals surface area (Å²) in [6, 6.07) is -0.923. The number of quaternary nitrogens is 1. The largest absolute Gasteiger partial charge is 0.756 e. The van der Waals surface area contributed by atoms with Crippen LogP contribution >= 0.6 is 7.82 Å². The predicted octanol–water partition coefficient (Wildman–Crippen LogP) is 12.1. The molecule has 0 spiro atoms. The molecule has 3 unspecified atom stereocenters. The Morgan fingerprint density at radius 3 is 1.56 bits per heavy atom. The molecule has 59 heavy (non-hydrogen) atoms. The van der Waals surface area contributed by atoms with Gasteiger partial charge in [0, 0.05) is 6.42 Å². The molecule has 0 aliphatic heterocycles. The van der Waals surface area contributed by atoms with Crippen LogP contribution in [-0.4, -0.2) is 68.5 Å². The van der Waals surface area contributed by atoms with E-state index in [0.29, 0.717) is 23.9 Å². The number of phosphoric ester groups is 1. The number of nitrogens with one attached hydrogen (secondary N) is 1. The smallest absolute Gasteiger partial charge is 0.268 e. The number of likely N-dealkylation sites (N-methyl/N-ethyl adjacent to an activating group) is 1. The maximum atomic E-state index is 12.8. The number of unbranched alkanes of at least 4 members (excludes halogenated alkanes) is 7. The first-order valence-electron chi connectivity index (χ1n) is 22.4. The number of aliphatic hydroxyl groups excluding tert-OH is 1. The summed E-state index contributed by atoms with van der Waals surface area (Å²) < 4.78 is 23.0. The minimum atomic E-state index is -4.60. The molecule has 0 aromatic heterocycles. The van der Waals surface area contributed by atoms with Crippen molar-refractivity contribution < 1.29 is 32.9 Å². The molecule has 0 aromatic rings. The molecule has 334 valence electrons. The van der Waals surface area contributed by atoms with Gasteiger partial charge in [0.2, 0.25) is 5.91 Å². The summed E-state index contributed by atoms with van der Waals surface area (Å²) in [5.74, 6) is -0.243. The molecule has 0 saturated heterocycles. The Morgan fingerprint density at radius 2 is 1.05 bits per heavy atom. The predicted molar refractivity (Wildman–Crippen MR) is 251 cm³/mol. The average Bonchev–Trinajstić information content (AvgIpc) is 3.19. The van der Waals surface area contributed by atoms with Gasteiger partial charge in [-0.05, 0) is 89.9 Å². The molecule has 0 radical (unpaired) electrons. The van der Waals surface area contributed by atoms with E-state index in [9.17, 15) is 19.4 Å². The Kier molecular flexibility index (Phi) is 38.2. The van der Waals surface area contributed by atoms with Gasteiger partial charge in [-0.3, -0.25) is 9.36 Å². The summed E-state index contributed by atoms with van der Waals surface area (Å²) in [5.41, 5.74) is 0. The van der Waals surface area contributed by atoms with Gasteiger partial charge in [-0.25, -0.2) is 0 Å². The maximum Gasteiger partial charge on any atom is 0.268 e. The van der Waals surface area contributed by atoms with E-state index in [2.05, 4.69) is 129 Å². The van der Waals surface area contributed by atoms with Crippen LogP contribution in [0, 0.1) is 0 Å². The second kappa shape index (κ2) is 40.3. The molecular formula is C50H83N2O6P. The number of nitrogens with zero attached hydrogens (tertiary/aromatic N) is 1. The second-order valence-electron chi connectivity index (χ2n) is 15.7. The van der Waals surface area contributed by atoms with Crippen molar-refractivity contribution in [3.63, 3.8) is 0 Å². The number of rotatable bonds is 38. The Morgan fingerprint density at radius 1 is 0.610 bits per heavy atom. The standard InChI is InChI=1S/C50H83N2O6P/c1-6-8-10-12-14-16-17-18-19-20-21-22-23-24-25-26-27-28-29-30-31-32-33-34-35-36-38-40-42-44-50(54)51-48(47-58-59(55,56)57-46-45-52(3,4)5)49(53)43-41-39-37-15-13-11-9-7-2/h8,10,13-16,18-19,21-22,24-25,27-28,30-31,33-34,41,43,48-49,53H,6-7,9,11-12,17,20,23,26,29,32,35-40,42,44-47H2,1-5H3,(H-,51,54,55,56)/b10-8-,15-13+,16-14-,19-18-,22-21-,25-24-,28-27-,31-30-,34-33-,43-41+. The molecule has 0 aliphatic rings. The van der Waals surface area contributed by atoms with E-state index in [1.165, 1.54) is 0 Å². The average molecular weight is 839 g/mol. The number of carbonyl (C=O) groups is 1. The van der Waals surface area contributed by atoms with E-state index in [0.717, 1.165) is 109 Å². The highest BCUT2D eigenvalue weighted by Gasteiger charge is 2.23. The number of allylic oxidation sites excluding steroid dienone is 19. The topological polar surface area (TPSA) is 108 Å². The van der Waals surface area contributed by atoms with Crippen LogP contribution in [0.3, 0.4) is 0 Å². The molecule has 8 nitrogen and oxygen atoms in total. The second-order valence-corrected chi connectivity index (χ2v) is 17.1. The summed E-state index contributed by atoms with van der Waals surface area (Å²) in [4.78, 5) is 25.2. The normalized spacial score (nSPS) is 15.4. The van der Waals surface area contributed by atoms with E-state index in [1.54, 1.807) is 6.08 Å². The molecule has 9 heteroatoms. The van der Waals surface area contributed by atoms with Crippen molar-refractivity contribution in [3.8, 4) is 0 Å². The van der Waals surface area contributed by atoms with E-state index in [4.69, 9.17) is 9.05 Å². The zero-order valence-corrected chi connectivity index (χ0v) is 38.5. The monoisotopic (exact) mass is 839 g/mol. The first-order valence-corrected chi connectivity index (χ1v) is 23.9. The van der Waals surface area contributed by atoms with Crippen molar-refractivity contribution in [2.45, 2.75) is 148 Å². The molecular weight excluding hydrogens is 756 g/mol. The van der Waals surface area contributed by atoms with Crippen molar-refractivity contribution in [2.75, 3.05) is 40.9 Å². The lowest BCUT2D eigenvalue weighted by Gasteiger charge is -2.29. The molecule has 0 heterocycles. The van der Waals surface area contributed by atoms with Crippen LogP contribution in [-0.2, 0) is 18.4 Å². The van der Waals surface area contributed by atoms with E-state index >= 15 is 0 Å². The van der Waals surface area contributed by atoms with Crippen LogP contribution in [0.15, 0.2) is 122 Å². The van der Waals surface area contributed by atoms with Crippen molar-refractivity contribution in [1.29, 1.82) is 0 Å². The third kappa shape index (κ3) is 42.8. The first kappa shape index (κ1) is 55.9. The molecule has 1 amide bonds. The highest BCUT2D eigenvalue weighted by atomic mass is 31.2. The summed E-state index contributed by atoms with van der Waals surface area (Å²) in [6.07, 6.45) is 59.9. The number of hydrogen-bond donors (Lipinski definition) is 2. The fourth-order valence-corrected chi connectivity index (χ4v) is 6.07. The molecule has 0 rings (SSSR count). The first-order chi connectivity index (χ1) is 28.5. The molecule has 2 N–H and O–H groups in total. The van der Waals surface area contributed by atoms with Crippen LogP contribution in [0.5, 0.6) is 0 Å². The quantitative estimate of drug-likeness (QED) is 0.0277. The third-order valence-electron chi connectivity index (χ3n) is 8.91. The number of amides is 1. The Balaban J connectivity index is 4.30. The number of phosphoric acid groups is 1. The van der Waals surface area contributed by atoms with Crippen LogP contribution in [0.4, 0.5) is 0 Å². The zero-order valence-electron chi connectivity index (χ0n) is 37.6. The van der Waals surface area contributed by atoms with Gasteiger partial charge in [0.15, 0.2) is 0 Å². The van der Waals surface area contributed by atoms with Gasteiger partial charge in [-0.2, -0.15) is 0 Å². The number of aliphatic hydroxyl groups is 1. The Bertz CT molecular complexity index is 1370. The van der Waals surface area contributed by atoms with Gasteiger partial charge < -0.3 is 28.8 Å². The van der Waals surface area contributed by atoms with Gasteiger partial charge in [-0.15, -0.1) is 0 Å². The van der Waals surface area contributed by atoms with Gasteiger partial charge in [0.05, 0.1) is 39.9 Å². The van der Waals surface area contributed by atoms with Crippen LogP contribution in [0.2, 0.25) is 0 Å². The van der Waals surface area contributed by atoms with Gasteiger partial charge in [-0.1, -0.05) is 161 Å². The van der Waals surface area contributed by atoms with E-state index in [1.807, 2.05) is 27.2 Å². The van der Waals surface area contributed by atoms with Crippen LogP contribution < -0.4 is 10.2 Å². The van der Waals surface area contributed by atoms with Gasteiger partial charge in [0.1, 0.15) is 13.2 Å². The van der Waals surface area contributed by atoms with Crippen molar-refractivity contribution in [3.05, 3.63) is 122 Å². The summed E-state index contributed by atoms with van der Waals surface area (Å²) in [7, 11) is 1.20. The van der Waals surface area contributed by atoms with Crippen molar-refractivity contribution in [1.82, 2.24) is 5.32 Å². The van der Waals surface area contributed by atoms with Crippen molar-refractivity contribution >= 4 is 13.7 Å². The minimum Gasteiger partial charge on any atom is -0.756 e. The molecule has 3 atom stereocenters. The maximum absolute atomic E-state index is 12.8. The fourth-order valence-electron chi connectivity index (χ4n) is 5.34. The van der Waals surface area contributed by atoms with Gasteiger partial charge in [0.25, 0.3) is 7.82 Å². The highest BCUT2D eigenvalue weighted by molar-refractivity contribution is 7.45. The lowest BCUT2D eigenvalue weighted by molar-refractivity contribution is -0.870. The highest BCUT2D eigenvalue weighted by Crippen LogP contribution is 2.38. The lowest BCUT2D eigenvalue weighted by Crippen LogP contribution is -2.45. The van der Waals surface area contributed by atoms with Crippen molar-refractivity contribution in [2.24, 2.45) is 0 Å². The van der Waals surface area contributed by atoms with E-state index < -0.39 is 26.6 Å². The molecule has 0 fully saturated rings. The third-order valence-corrected chi connectivity index (χ3v) is 9.87. The summed E-state index contributed by atoms with van der Waals surface area (Å²) >= 11 is 0. The summed E-state index contributed by atoms with van der Waals surface area (Å²) in [6.45, 7) is 4.37. The number of hydrogen-bond acceptors (Lipinski definition) is 6. The Hall–Kier alpha value is -3.10. The van der Waals surface area contributed by atoms with E-state index in [-0.39, 0.29) is 12.5 Å². The van der Waals surface area contributed by atoms with Crippen LogP contribution in [0.1, 0.15) is 136 Å². The fraction of sp³-hybridized carbons (Fsp3) is 0.580. The lowest BCUT2D eigenvalue weighted by atomic mass is 10.1. The minimum absolute atomic E-state index is 0.0197. The SMILES string of the molecule is CC/C=C\C/C=C\C/C=C\C/C=C\C/C=C\C/C=C\C/C=C\C/C=C\CCCCCCC(=O)NC(COP(=O)([O-])OCC[N+](C)(C)C)C(O)/C=C/CC/C=C/CCCC.